The van der Waals surface area contributed by atoms with Crippen LogP contribution in [0.3, 0.4) is 0 Å². The Bertz CT molecular complexity index is 1230. The summed E-state index contributed by atoms with van der Waals surface area (Å²) in [6.07, 6.45) is 5.96. The first-order chi connectivity index (χ1) is 17.1. The Kier molecular flexibility index (Phi) is 5.12. The van der Waals surface area contributed by atoms with Crippen molar-refractivity contribution in [1.29, 1.82) is 0 Å². The Morgan fingerprint density at radius 1 is 1.00 bits per heavy atom. The number of aryl methyl sites for hydroxylation is 1. The molecule has 0 radical (unpaired) electrons. The van der Waals surface area contributed by atoms with Crippen LogP contribution in [0, 0.1) is 24.2 Å². The lowest BCUT2D eigenvalue weighted by Gasteiger charge is -2.61. The van der Waals surface area contributed by atoms with E-state index in [1.54, 1.807) is 26.0 Å². The summed E-state index contributed by atoms with van der Waals surface area (Å²) in [6, 6.07) is 16.1. The number of ether oxygens (including phenoxy) is 1. The molecule has 4 bridgehead atoms. The summed E-state index contributed by atoms with van der Waals surface area (Å²) in [5.41, 5.74) is 2.20. The quantitative estimate of drug-likeness (QED) is 0.607. The van der Waals surface area contributed by atoms with Crippen LogP contribution in [0.2, 0.25) is 0 Å². The second-order valence-corrected chi connectivity index (χ2v) is 12.2. The molecule has 6 nitrogen and oxygen atoms in total. The fraction of sp³-hybridized carbons (Fsp3) is 0.500. The Balaban J connectivity index is 1.23. The lowest BCUT2D eigenvalue weighted by atomic mass is 9.43. The zero-order valence-electron chi connectivity index (χ0n) is 21.3. The van der Waals surface area contributed by atoms with E-state index in [9.17, 15) is 14.4 Å². The van der Waals surface area contributed by atoms with Crippen molar-refractivity contribution in [1.82, 2.24) is 0 Å². The maximum absolute atomic E-state index is 13.7. The van der Waals surface area contributed by atoms with Crippen molar-refractivity contribution in [2.24, 2.45) is 17.3 Å². The fourth-order valence-corrected chi connectivity index (χ4v) is 7.99. The van der Waals surface area contributed by atoms with E-state index in [4.69, 9.17) is 4.74 Å². The summed E-state index contributed by atoms with van der Waals surface area (Å²) in [7, 11) is 0. The molecule has 6 heteroatoms. The first kappa shape index (κ1) is 23.3. The topological polar surface area (TPSA) is 75.7 Å². The van der Waals surface area contributed by atoms with Gasteiger partial charge in [0.15, 0.2) is 6.61 Å². The maximum Gasteiger partial charge on any atom is 0.312 e. The number of amides is 2. The highest BCUT2D eigenvalue weighted by Crippen LogP contribution is 2.66. The van der Waals surface area contributed by atoms with Gasteiger partial charge in [0.05, 0.1) is 16.8 Å². The van der Waals surface area contributed by atoms with Crippen LogP contribution >= 0.6 is 0 Å². The van der Waals surface area contributed by atoms with Crippen LogP contribution < -0.4 is 10.2 Å². The summed E-state index contributed by atoms with van der Waals surface area (Å²) in [6.45, 7) is 5.16. The molecule has 0 aromatic heterocycles. The number of fused-ring (bicyclic) bond motifs is 1. The second-order valence-electron chi connectivity index (χ2n) is 12.2. The molecule has 2 aromatic rings. The van der Waals surface area contributed by atoms with Gasteiger partial charge in [0.1, 0.15) is 5.54 Å². The number of esters is 1. The van der Waals surface area contributed by atoms with Crippen molar-refractivity contribution in [3.63, 3.8) is 0 Å². The van der Waals surface area contributed by atoms with Crippen molar-refractivity contribution in [2.45, 2.75) is 70.3 Å². The molecule has 7 rings (SSSR count). The largest absolute Gasteiger partial charge is 0.455 e. The minimum absolute atomic E-state index is 0.0205. The van der Waals surface area contributed by atoms with Crippen LogP contribution in [0.1, 0.15) is 63.5 Å². The van der Waals surface area contributed by atoms with Gasteiger partial charge in [-0.1, -0.05) is 42.0 Å². The zero-order chi connectivity index (χ0) is 25.3. The highest BCUT2D eigenvalue weighted by Gasteiger charge is 2.61. The smallest absolute Gasteiger partial charge is 0.312 e. The summed E-state index contributed by atoms with van der Waals surface area (Å²) in [4.78, 5) is 41.4. The number of carbonyl (C=O) groups excluding carboxylic acids is 3. The van der Waals surface area contributed by atoms with E-state index in [2.05, 4.69) is 36.5 Å². The van der Waals surface area contributed by atoms with Crippen molar-refractivity contribution < 1.29 is 19.1 Å². The molecule has 1 N–H and O–H groups in total. The first-order valence-corrected chi connectivity index (χ1v) is 13.1. The number of nitrogens with one attached hydrogen (secondary N) is 1. The highest BCUT2D eigenvalue weighted by atomic mass is 16.5. The van der Waals surface area contributed by atoms with Crippen molar-refractivity contribution >= 4 is 29.2 Å². The van der Waals surface area contributed by atoms with Gasteiger partial charge in [-0.05, 0) is 94.2 Å². The number of hydrogen-bond acceptors (Lipinski definition) is 4. The van der Waals surface area contributed by atoms with E-state index in [-0.39, 0.29) is 29.8 Å². The number of anilines is 2. The fourth-order valence-electron chi connectivity index (χ4n) is 7.99. The highest BCUT2D eigenvalue weighted by molar-refractivity contribution is 6.14. The molecule has 2 atom stereocenters. The zero-order valence-corrected chi connectivity index (χ0v) is 21.3. The molecule has 0 saturated heterocycles. The molecule has 188 valence electrons. The van der Waals surface area contributed by atoms with Crippen LogP contribution in [-0.4, -0.2) is 29.9 Å². The normalized spacial score (nSPS) is 31.5. The van der Waals surface area contributed by atoms with Gasteiger partial charge in [0.2, 0.25) is 5.91 Å². The van der Waals surface area contributed by atoms with Gasteiger partial charge in [-0.2, -0.15) is 0 Å². The third-order valence-corrected chi connectivity index (χ3v) is 9.24. The third-order valence-electron chi connectivity index (χ3n) is 9.24. The molecule has 1 aliphatic heterocycles. The summed E-state index contributed by atoms with van der Waals surface area (Å²) < 4.78 is 5.82. The van der Waals surface area contributed by atoms with Gasteiger partial charge in [0.25, 0.3) is 5.91 Å². The van der Waals surface area contributed by atoms with Gasteiger partial charge < -0.3 is 10.1 Å². The van der Waals surface area contributed by atoms with E-state index in [1.807, 2.05) is 12.1 Å². The lowest BCUT2D eigenvalue weighted by Crippen LogP contribution is -2.60. The predicted molar refractivity (Wildman–Crippen MR) is 138 cm³/mol. The van der Waals surface area contributed by atoms with E-state index >= 15 is 0 Å². The van der Waals surface area contributed by atoms with Crippen molar-refractivity contribution in [3.8, 4) is 0 Å². The van der Waals surface area contributed by atoms with Crippen molar-refractivity contribution in [2.75, 3.05) is 16.8 Å². The van der Waals surface area contributed by atoms with E-state index in [0.717, 1.165) is 32.1 Å². The Hall–Kier alpha value is -3.15. The summed E-state index contributed by atoms with van der Waals surface area (Å²) in [5, 5.41) is 2.87. The molecular formula is C30H34N2O4. The van der Waals surface area contributed by atoms with Crippen LogP contribution in [0.25, 0.3) is 0 Å². The van der Waals surface area contributed by atoms with Gasteiger partial charge in [-0.25, -0.2) is 0 Å². The molecular weight excluding hydrogens is 452 g/mol. The molecule has 36 heavy (non-hydrogen) atoms. The van der Waals surface area contributed by atoms with E-state index < -0.39 is 11.0 Å². The molecule has 1 heterocycles. The molecule has 4 saturated carbocycles. The first-order valence-electron chi connectivity index (χ1n) is 13.1. The van der Waals surface area contributed by atoms with E-state index in [0.29, 0.717) is 23.2 Å². The Morgan fingerprint density at radius 2 is 1.67 bits per heavy atom. The predicted octanol–water partition coefficient (Wildman–Crippen LogP) is 5.14. The minimum atomic E-state index is -1.09. The van der Waals surface area contributed by atoms with Gasteiger partial charge in [-0.3, -0.25) is 19.3 Å². The molecule has 4 fully saturated rings. The number of para-hydroxylation sites is 2. The standard InChI is InChI=1S/C30H34N2O4/c1-19-8-10-22(11-9-19)29-13-20-12-21(14-29)16-30(15-20,18-29)27(35)36-17-25(33)32-24-7-5-4-6-23(24)31-26(34)28(32,2)3/h4-11,20-21H,12-18H2,1-3H3,(H,31,34). The molecule has 0 spiro atoms. The average Bonchev–Trinajstić information content (AvgIpc) is 2.82. The second kappa shape index (κ2) is 7.92. The summed E-state index contributed by atoms with van der Waals surface area (Å²) in [5.74, 6) is 0.157. The number of rotatable bonds is 4. The molecule has 2 aromatic carbocycles. The number of carbonyl (C=O) groups is 3. The average molecular weight is 487 g/mol. The van der Waals surface area contributed by atoms with Gasteiger partial charge >= 0.3 is 5.97 Å². The van der Waals surface area contributed by atoms with Gasteiger partial charge in [-0.15, -0.1) is 0 Å². The minimum Gasteiger partial charge on any atom is -0.455 e. The number of benzene rings is 2. The Labute approximate surface area is 212 Å². The van der Waals surface area contributed by atoms with Crippen LogP contribution in [0.15, 0.2) is 48.5 Å². The number of hydrogen-bond donors (Lipinski definition) is 1. The van der Waals surface area contributed by atoms with Crippen LogP contribution in [0.5, 0.6) is 0 Å². The Morgan fingerprint density at radius 3 is 2.36 bits per heavy atom. The maximum atomic E-state index is 13.7. The SMILES string of the molecule is Cc1ccc(C23CC4CC(CC(C(=O)OCC(=O)N5c6ccccc6NC(=O)C5(C)C)(C4)C2)C3)cc1. The van der Waals surface area contributed by atoms with Gasteiger partial charge in [0, 0.05) is 0 Å². The summed E-state index contributed by atoms with van der Waals surface area (Å²) >= 11 is 0. The molecule has 5 aliphatic rings. The molecule has 4 aliphatic carbocycles. The van der Waals surface area contributed by atoms with E-state index in [1.165, 1.54) is 22.4 Å². The van der Waals surface area contributed by atoms with Crippen molar-refractivity contribution in [3.05, 3.63) is 59.7 Å². The molecule has 2 unspecified atom stereocenters. The number of nitrogens with zero attached hydrogens (tertiary/aromatic N) is 1. The van der Waals surface area contributed by atoms with Crippen LogP contribution in [-0.2, 0) is 24.5 Å². The molecule has 2 amide bonds. The third kappa shape index (κ3) is 3.48. The monoisotopic (exact) mass is 486 g/mol. The van der Waals surface area contributed by atoms with Crippen LogP contribution in [0.4, 0.5) is 11.4 Å². The lowest BCUT2D eigenvalue weighted by molar-refractivity contribution is -0.175.